The average Bonchev–Trinajstić information content (AvgIpc) is 2.49. The lowest BCUT2D eigenvalue weighted by Crippen LogP contribution is -2.43. The van der Waals surface area contributed by atoms with Crippen molar-refractivity contribution in [2.75, 3.05) is 26.2 Å². The second kappa shape index (κ2) is 6.11. The molecule has 3 rings (SSSR count). The molecule has 1 N–H and O–H groups in total. The Hall–Kier alpha value is -1.78. The SMILES string of the molecule is Cc1ccccc1-c1ccnc(CN2CCNCC2)n1. The van der Waals surface area contributed by atoms with Gasteiger partial charge in [-0.1, -0.05) is 24.3 Å². The molecular formula is C16H20N4. The molecule has 0 radical (unpaired) electrons. The quantitative estimate of drug-likeness (QED) is 0.922. The first-order valence-electron chi connectivity index (χ1n) is 7.14. The Bertz CT molecular complexity index is 576. The Kier molecular flexibility index (Phi) is 4.04. The van der Waals surface area contributed by atoms with E-state index in [-0.39, 0.29) is 0 Å². The third-order valence-corrected chi connectivity index (χ3v) is 3.70. The van der Waals surface area contributed by atoms with Crippen LogP contribution in [0, 0.1) is 6.92 Å². The predicted molar refractivity (Wildman–Crippen MR) is 80.4 cm³/mol. The van der Waals surface area contributed by atoms with Crippen LogP contribution in [0.25, 0.3) is 11.3 Å². The molecule has 0 bridgehead atoms. The summed E-state index contributed by atoms with van der Waals surface area (Å²) in [5.41, 5.74) is 3.46. The van der Waals surface area contributed by atoms with Gasteiger partial charge in [0.1, 0.15) is 5.82 Å². The van der Waals surface area contributed by atoms with Gasteiger partial charge in [0, 0.05) is 37.9 Å². The zero-order valence-corrected chi connectivity index (χ0v) is 11.8. The van der Waals surface area contributed by atoms with E-state index in [2.05, 4.69) is 46.4 Å². The number of nitrogens with one attached hydrogen (secondary N) is 1. The molecule has 1 aliphatic rings. The molecule has 2 heterocycles. The van der Waals surface area contributed by atoms with Crippen LogP contribution in [-0.4, -0.2) is 41.0 Å². The second-order valence-corrected chi connectivity index (χ2v) is 5.20. The van der Waals surface area contributed by atoms with E-state index >= 15 is 0 Å². The van der Waals surface area contributed by atoms with E-state index in [1.807, 2.05) is 12.3 Å². The van der Waals surface area contributed by atoms with E-state index in [0.717, 1.165) is 44.2 Å². The first-order valence-corrected chi connectivity index (χ1v) is 7.14. The molecule has 0 spiro atoms. The molecule has 1 saturated heterocycles. The van der Waals surface area contributed by atoms with Gasteiger partial charge in [-0.2, -0.15) is 0 Å². The van der Waals surface area contributed by atoms with Crippen LogP contribution in [0.3, 0.4) is 0 Å². The van der Waals surface area contributed by atoms with Crippen LogP contribution in [0.1, 0.15) is 11.4 Å². The fourth-order valence-corrected chi connectivity index (χ4v) is 2.55. The number of aryl methyl sites for hydroxylation is 1. The van der Waals surface area contributed by atoms with Crippen molar-refractivity contribution in [2.45, 2.75) is 13.5 Å². The Morgan fingerprint density at radius 1 is 1.15 bits per heavy atom. The van der Waals surface area contributed by atoms with Crippen molar-refractivity contribution >= 4 is 0 Å². The molecule has 0 amide bonds. The van der Waals surface area contributed by atoms with Crippen LogP contribution in [0.15, 0.2) is 36.5 Å². The molecule has 0 saturated carbocycles. The van der Waals surface area contributed by atoms with Crippen LogP contribution in [0.2, 0.25) is 0 Å². The molecule has 104 valence electrons. The van der Waals surface area contributed by atoms with E-state index in [4.69, 9.17) is 4.98 Å². The fraction of sp³-hybridized carbons (Fsp3) is 0.375. The summed E-state index contributed by atoms with van der Waals surface area (Å²) < 4.78 is 0. The molecule has 4 heteroatoms. The monoisotopic (exact) mass is 268 g/mol. The highest BCUT2D eigenvalue weighted by molar-refractivity contribution is 5.62. The summed E-state index contributed by atoms with van der Waals surface area (Å²) in [4.78, 5) is 11.5. The minimum absolute atomic E-state index is 0.835. The van der Waals surface area contributed by atoms with Gasteiger partial charge in [0.2, 0.25) is 0 Å². The Balaban J connectivity index is 1.80. The molecule has 0 atom stereocenters. The highest BCUT2D eigenvalue weighted by Gasteiger charge is 2.12. The number of aromatic nitrogens is 2. The molecule has 1 aliphatic heterocycles. The van der Waals surface area contributed by atoms with Crippen LogP contribution >= 0.6 is 0 Å². The van der Waals surface area contributed by atoms with Crippen LogP contribution in [-0.2, 0) is 6.54 Å². The normalized spacial score (nSPS) is 16.2. The number of hydrogen-bond donors (Lipinski definition) is 1. The van der Waals surface area contributed by atoms with Crippen molar-refractivity contribution in [3.63, 3.8) is 0 Å². The second-order valence-electron chi connectivity index (χ2n) is 5.20. The first kappa shape index (κ1) is 13.2. The van der Waals surface area contributed by atoms with Crippen molar-refractivity contribution in [1.82, 2.24) is 20.2 Å². The maximum Gasteiger partial charge on any atom is 0.142 e. The molecular weight excluding hydrogens is 248 g/mol. The van der Waals surface area contributed by atoms with Gasteiger partial charge in [0.05, 0.1) is 12.2 Å². The van der Waals surface area contributed by atoms with Crippen molar-refractivity contribution in [3.05, 3.63) is 47.9 Å². The molecule has 4 nitrogen and oxygen atoms in total. The van der Waals surface area contributed by atoms with Gasteiger partial charge >= 0.3 is 0 Å². The molecule has 0 aliphatic carbocycles. The van der Waals surface area contributed by atoms with Gasteiger partial charge < -0.3 is 5.32 Å². The Morgan fingerprint density at radius 2 is 1.95 bits per heavy atom. The number of nitrogens with zero attached hydrogens (tertiary/aromatic N) is 3. The van der Waals surface area contributed by atoms with E-state index in [0.29, 0.717) is 0 Å². The molecule has 2 aromatic rings. The fourth-order valence-electron chi connectivity index (χ4n) is 2.55. The molecule has 1 fully saturated rings. The van der Waals surface area contributed by atoms with Crippen LogP contribution in [0.5, 0.6) is 0 Å². The molecule has 0 unspecified atom stereocenters. The standard InChI is InChI=1S/C16H20N4/c1-13-4-2-3-5-14(13)15-6-7-18-16(19-15)12-20-10-8-17-9-11-20/h2-7,17H,8-12H2,1H3. The Labute approximate surface area is 119 Å². The number of piperazine rings is 1. The lowest BCUT2D eigenvalue weighted by atomic mass is 10.1. The van der Waals surface area contributed by atoms with Gasteiger partial charge in [-0.3, -0.25) is 4.90 Å². The number of hydrogen-bond acceptors (Lipinski definition) is 4. The summed E-state index contributed by atoms with van der Waals surface area (Å²) in [6, 6.07) is 10.3. The zero-order valence-electron chi connectivity index (χ0n) is 11.8. The topological polar surface area (TPSA) is 41.1 Å². The summed E-state index contributed by atoms with van der Waals surface area (Å²) in [5, 5.41) is 3.36. The lowest BCUT2D eigenvalue weighted by molar-refractivity contribution is 0.228. The van der Waals surface area contributed by atoms with Gasteiger partial charge in [-0.05, 0) is 18.6 Å². The predicted octanol–water partition coefficient (Wildman–Crippen LogP) is 1.86. The summed E-state index contributed by atoms with van der Waals surface area (Å²) in [6.07, 6.45) is 1.87. The van der Waals surface area contributed by atoms with E-state index in [9.17, 15) is 0 Å². The summed E-state index contributed by atoms with van der Waals surface area (Å²) in [5.74, 6) is 0.910. The van der Waals surface area contributed by atoms with Crippen molar-refractivity contribution in [1.29, 1.82) is 0 Å². The van der Waals surface area contributed by atoms with Gasteiger partial charge in [-0.25, -0.2) is 9.97 Å². The van der Waals surface area contributed by atoms with E-state index in [1.165, 1.54) is 11.1 Å². The maximum atomic E-state index is 4.72. The molecule has 1 aromatic heterocycles. The smallest absolute Gasteiger partial charge is 0.142 e. The van der Waals surface area contributed by atoms with Gasteiger partial charge in [0.25, 0.3) is 0 Å². The van der Waals surface area contributed by atoms with Crippen LogP contribution < -0.4 is 5.32 Å². The van der Waals surface area contributed by atoms with E-state index in [1.54, 1.807) is 0 Å². The largest absolute Gasteiger partial charge is 0.314 e. The molecule has 1 aromatic carbocycles. The highest BCUT2D eigenvalue weighted by Crippen LogP contribution is 2.20. The van der Waals surface area contributed by atoms with Crippen molar-refractivity contribution < 1.29 is 0 Å². The maximum absolute atomic E-state index is 4.72. The Morgan fingerprint density at radius 3 is 2.75 bits per heavy atom. The van der Waals surface area contributed by atoms with Crippen LogP contribution in [0.4, 0.5) is 0 Å². The number of benzene rings is 1. The summed E-state index contributed by atoms with van der Waals surface area (Å²) >= 11 is 0. The zero-order chi connectivity index (χ0) is 13.8. The minimum atomic E-state index is 0.835. The average molecular weight is 268 g/mol. The summed E-state index contributed by atoms with van der Waals surface area (Å²) in [6.45, 7) is 7.19. The minimum Gasteiger partial charge on any atom is -0.314 e. The van der Waals surface area contributed by atoms with Gasteiger partial charge in [-0.15, -0.1) is 0 Å². The van der Waals surface area contributed by atoms with Crippen molar-refractivity contribution in [3.8, 4) is 11.3 Å². The summed E-state index contributed by atoms with van der Waals surface area (Å²) in [7, 11) is 0. The number of rotatable bonds is 3. The van der Waals surface area contributed by atoms with E-state index < -0.39 is 0 Å². The third-order valence-electron chi connectivity index (χ3n) is 3.70. The van der Waals surface area contributed by atoms with Gasteiger partial charge in [0.15, 0.2) is 0 Å². The first-order chi connectivity index (χ1) is 9.83. The highest BCUT2D eigenvalue weighted by atomic mass is 15.2. The lowest BCUT2D eigenvalue weighted by Gasteiger charge is -2.26. The molecule has 20 heavy (non-hydrogen) atoms. The third kappa shape index (κ3) is 3.03. The van der Waals surface area contributed by atoms with Crippen molar-refractivity contribution in [2.24, 2.45) is 0 Å².